The van der Waals surface area contributed by atoms with Crippen LogP contribution in [0.15, 0.2) is 30.5 Å². The lowest BCUT2D eigenvalue weighted by Gasteiger charge is -2.41. The molecule has 47 heavy (non-hydrogen) atoms. The van der Waals surface area contributed by atoms with Gasteiger partial charge in [0, 0.05) is 50.3 Å². The third kappa shape index (κ3) is 5.08. The molecule has 4 fully saturated rings. The molecule has 2 bridgehead atoms. The average molecular weight is 648 g/mol. The minimum atomic E-state index is -0.909. The number of hydrogen-bond acceptors (Lipinski definition) is 8. The van der Waals surface area contributed by atoms with Gasteiger partial charge in [-0.05, 0) is 85.5 Å². The highest BCUT2D eigenvalue weighted by Crippen LogP contribution is 2.49. The van der Waals surface area contributed by atoms with Gasteiger partial charge in [-0.3, -0.25) is 9.88 Å². The van der Waals surface area contributed by atoms with Gasteiger partial charge in [-0.1, -0.05) is 13.0 Å². The number of aromatic nitrogens is 3. The minimum Gasteiger partial charge on any atom is -0.508 e. The van der Waals surface area contributed by atoms with E-state index < -0.39 is 23.3 Å². The van der Waals surface area contributed by atoms with E-state index in [0.29, 0.717) is 66.0 Å². The Morgan fingerprint density at radius 1 is 1.09 bits per heavy atom. The number of nitrogens with zero attached hydrogens (tertiary/aromatic N) is 5. The van der Waals surface area contributed by atoms with Crippen molar-refractivity contribution in [3.63, 3.8) is 0 Å². The number of benzene rings is 2. The van der Waals surface area contributed by atoms with Crippen molar-refractivity contribution in [3.05, 3.63) is 47.7 Å². The molecule has 1 aliphatic carbocycles. The number of phenols is 1. The van der Waals surface area contributed by atoms with Crippen LogP contribution in [0.3, 0.4) is 0 Å². The fourth-order valence-electron chi connectivity index (χ4n) is 9.25. The lowest BCUT2D eigenvalue weighted by molar-refractivity contribution is 0.0773. The van der Waals surface area contributed by atoms with Gasteiger partial charge in [-0.2, -0.15) is 9.97 Å². The van der Waals surface area contributed by atoms with Gasteiger partial charge in [0.05, 0.1) is 17.5 Å². The summed E-state index contributed by atoms with van der Waals surface area (Å²) in [5.41, 5.74) is 0.256. The van der Waals surface area contributed by atoms with E-state index in [9.17, 15) is 9.50 Å². The lowest BCUT2D eigenvalue weighted by Crippen LogP contribution is -2.45. The van der Waals surface area contributed by atoms with Crippen LogP contribution in [0, 0.1) is 23.0 Å². The van der Waals surface area contributed by atoms with E-state index in [0.717, 1.165) is 45.2 Å². The zero-order chi connectivity index (χ0) is 32.5. The fraction of sp³-hybridized carbons (Fsp3) is 0.528. The minimum absolute atomic E-state index is 0.0215. The summed E-state index contributed by atoms with van der Waals surface area (Å²) in [6.45, 7) is 5.36. The van der Waals surface area contributed by atoms with Gasteiger partial charge >= 0.3 is 6.01 Å². The Balaban J connectivity index is 1.27. The molecule has 4 atom stereocenters. The molecule has 2 aromatic heterocycles. The van der Waals surface area contributed by atoms with Crippen LogP contribution in [0.1, 0.15) is 51.0 Å². The predicted octanol–water partition coefficient (Wildman–Crippen LogP) is 6.60. The molecule has 2 aromatic carbocycles. The normalized spacial score (nSPS) is 27.3. The first-order chi connectivity index (χ1) is 22.7. The van der Waals surface area contributed by atoms with Crippen molar-refractivity contribution in [1.82, 2.24) is 19.9 Å². The van der Waals surface area contributed by atoms with Crippen LogP contribution in [0.4, 0.5) is 19.0 Å². The number of methoxy groups -OCH3 is 1. The van der Waals surface area contributed by atoms with Crippen molar-refractivity contribution in [3.8, 4) is 23.0 Å². The summed E-state index contributed by atoms with van der Waals surface area (Å²) in [5, 5.41) is 12.2. The Morgan fingerprint density at radius 3 is 2.79 bits per heavy atom. The van der Waals surface area contributed by atoms with E-state index in [1.807, 2.05) is 6.92 Å². The van der Waals surface area contributed by atoms with Crippen LogP contribution in [0.25, 0.3) is 32.9 Å². The molecule has 1 N–H and O–H groups in total. The van der Waals surface area contributed by atoms with Gasteiger partial charge in [0.25, 0.3) is 0 Å². The number of aryl methyl sites for hydroxylation is 1. The number of hydrogen-bond donors (Lipinski definition) is 1. The summed E-state index contributed by atoms with van der Waals surface area (Å²) in [4.78, 5) is 18.5. The lowest BCUT2D eigenvalue weighted by atomic mass is 9.82. The Morgan fingerprint density at radius 2 is 1.96 bits per heavy atom. The third-order valence-corrected chi connectivity index (χ3v) is 11.2. The number of rotatable bonds is 8. The fourth-order valence-corrected chi connectivity index (χ4v) is 9.25. The van der Waals surface area contributed by atoms with E-state index in [1.54, 1.807) is 25.4 Å². The zero-order valence-corrected chi connectivity index (χ0v) is 26.9. The number of anilines is 1. The van der Waals surface area contributed by atoms with Crippen LogP contribution in [0.2, 0.25) is 0 Å². The Hall–Kier alpha value is -3.70. The summed E-state index contributed by atoms with van der Waals surface area (Å²) in [5.74, 6) is -0.179. The number of ether oxygens (including phenoxy) is 2. The molecule has 2 unspecified atom stereocenters. The van der Waals surface area contributed by atoms with Crippen molar-refractivity contribution in [2.75, 3.05) is 51.4 Å². The van der Waals surface area contributed by atoms with Crippen LogP contribution in [-0.2, 0) is 11.2 Å². The van der Waals surface area contributed by atoms with Crippen molar-refractivity contribution >= 4 is 27.5 Å². The molecule has 3 aliphatic heterocycles. The summed E-state index contributed by atoms with van der Waals surface area (Å²) in [7, 11) is 1.73. The maximum atomic E-state index is 17.0. The zero-order valence-electron chi connectivity index (χ0n) is 26.9. The van der Waals surface area contributed by atoms with Crippen molar-refractivity contribution < 1.29 is 27.8 Å². The monoisotopic (exact) mass is 647 g/mol. The van der Waals surface area contributed by atoms with E-state index in [-0.39, 0.29) is 40.6 Å². The topological polar surface area (TPSA) is 83.8 Å². The van der Waals surface area contributed by atoms with Gasteiger partial charge in [-0.15, -0.1) is 0 Å². The average Bonchev–Trinajstić information content (AvgIpc) is 3.68. The molecular formula is C36H40F3N5O3. The maximum absolute atomic E-state index is 17.0. The largest absolute Gasteiger partial charge is 0.508 e. The molecule has 8 rings (SSSR count). The first-order valence-electron chi connectivity index (χ1n) is 16.8. The Labute approximate surface area is 271 Å². The summed E-state index contributed by atoms with van der Waals surface area (Å²) in [6, 6.07) is 5.94. The van der Waals surface area contributed by atoms with Gasteiger partial charge in [0.2, 0.25) is 0 Å². The predicted molar refractivity (Wildman–Crippen MR) is 174 cm³/mol. The van der Waals surface area contributed by atoms with Gasteiger partial charge in [-0.25, -0.2) is 13.2 Å². The standard InChI is InChI=1S/C36H40F3N5O3/c1-3-25-28(38)6-5-22-11-24(45)12-26(29(22)25)31-30(39)32-27(15-40-31)33(43-16-21-7-9-35(13-21,18-43)19-46-2)42-34(41-32)47-20-36-8-4-10-44(36)17-23(37)14-36/h5-6,11-12,15,21,23,45H,3-4,7-10,13-14,16-20H2,1-2H3/t21?,23-,35?,36+/m1/s1. The molecule has 4 aliphatic rings. The molecule has 248 valence electrons. The second kappa shape index (κ2) is 11.5. The number of piperidine rings is 1. The number of alkyl halides is 1. The SMILES string of the molecule is CCc1c(F)ccc2cc(O)cc(-c3ncc4c(N5CC6CCC(COC)(C6)C5)nc(OC[C@@]56CCCN5C[C@H](F)C6)nc4c3F)c12. The molecule has 0 amide bonds. The molecule has 1 saturated carbocycles. The smallest absolute Gasteiger partial charge is 0.319 e. The quantitative estimate of drug-likeness (QED) is 0.229. The van der Waals surface area contributed by atoms with Gasteiger partial charge in [0.15, 0.2) is 5.82 Å². The van der Waals surface area contributed by atoms with Gasteiger partial charge in [0.1, 0.15) is 41.4 Å². The van der Waals surface area contributed by atoms with E-state index in [4.69, 9.17) is 14.5 Å². The Bertz CT molecular complexity index is 1870. The number of fused-ring (bicyclic) bond motifs is 5. The maximum Gasteiger partial charge on any atom is 0.319 e. The highest BCUT2D eigenvalue weighted by atomic mass is 19.1. The second-order valence-electron chi connectivity index (χ2n) is 14.3. The first-order valence-corrected chi connectivity index (χ1v) is 16.8. The number of halogens is 3. The summed E-state index contributed by atoms with van der Waals surface area (Å²) < 4.78 is 58.5. The molecule has 0 spiro atoms. The van der Waals surface area contributed by atoms with Crippen LogP contribution in [0.5, 0.6) is 11.8 Å². The van der Waals surface area contributed by atoms with Gasteiger partial charge < -0.3 is 19.5 Å². The second-order valence-corrected chi connectivity index (χ2v) is 14.3. The highest BCUT2D eigenvalue weighted by Gasteiger charge is 2.50. The number of aromatic hydroxyl groups is 1. The molecule has 4 aromatic rings. The summed E-state index contributed by atoms with van der Waals surface area (Å²) in [6.07, 6.45) is 6.44. The molecule has 8 nitrogen and oxygen atoms in total. The third-order valence-electron chi connectivity index (χ3n) is 11.2. The van der Waals surface area contributed by atoms with Crippen molar-refractivity contribution in [2.45, 2.75) is 63.6 Å². The number of phenolic OH excluding ortho intramolecular Hbond substituents is 1. The van der Waals surface area contributed by atoms with Crippen LogP contribution in [-0.4, -0.2) is 83.2 Å². The summed E-state index contributed by atoms with van der Waals surface area (Å²) >= 11 is 0. The van der Waals surface area contributed by atoms with E-state index >= 15 is 8.78 Å². The molecule has 5 heterocycles. The van der Waals surface area contributed by atoms with Crippen LogP contribution < -0.4 is 9.64 Å². The highest BCUT2D eigenvalue weighted by molar-refractivity contribution is 6.01. The molecule has 11 heteroatoms. The van der Waals surface area contributed by atoms with Crippen molar-refractivity contribution in [2.24, 2.45) is 11.3 Å². The Kier molecular flexibility index (Phi) is 7.48. The first kappa shape index (κ1) is 30.6. The van der Waals surface area contributed by atoms with E-state index in [1.165, 1.54) is 12.1 Å². The van der Waals surface area contributed by atoms with E-state index in [2.05, 4.69) is 19.8 Å². The van der Waals surface area contributed by atoms with Crippen LogP contribution >= 0.6 is 0 Å². The molecule has 3 saturated heterocycles. The molecular weight excluding hydrogens is 607 g/mol. The van der Waals surface area contributed by atoms with Crippen molar-refractivity contribution in [1.29, 1.82) is 0 Å². The molecule has 0 radical (unpaired) electrons. The number of pyridine rings is 1.